The molecule has 1 rings (SSSR count). The largest absolute Gasteiger partial charge is 0.359 e. The summed E-state index contributed by atoms with van der Waals surface area (Å²) >= 11 is 0. The van der Waals surface area contributed by atoms with Crippen LogP contribution < -0.4 is 0 Å². The van der Waals surface area contributed by atoms with Crippen molar-refractivity contribution >= 4 is 0 Å². The summed E-state index contributed by atoms with van der Waals surface area (Å²) in [5.41, 5.74) is -0.0457. The van der Waals surface area contributed by atoms with Crippen molar-refractivity contribution in [3.8, 4) is 0 Å². The summed E-state index contributed by atoms with van der Waals surface area (Å²) in [6.07, 6.45) is 3.38. The predicted octanol–water partition coefficient (Wildman–Crippen LogP) is 1.85. The van der Waals surface area contributed by atoms with E-state index in [9.17, 15) is 0 Å². The van der Waals surface area contributed by atoms with E-state index < -0.39 is 6.98 Å². The molecule has 0 radical (unpaired) electrons. The molecule has 0 saturated heterocycles. The average molecular weight is 157 g/mol. The van der Waals surface area contributed by atoms with Gasteiger partial charge in [-0.1, -0.05) is 0 Å². The van der Waals surface area contributed by atoms with Crippen molar-refractivity contribution in [2.45, 2.75) is 39.4 Å². The van der Waals surface area contributed by atoms with Gasteiger partial charge in [0.05, 0.1) is 6.17 Å². The Labute approximate surface area is 73.7 Å². The van der Waals surface area contributed by atoms with Crippen LogP contribution in [-0.4, -0.2) is 28.5 Å². The molecule has 64 valence electrons. The van der Waals surface area contributed by atoms with Crippen LogP contribution in [0.15, 0.2) is 12.4 Å². The van der Waals surface area contributed by atoms with Crippen molar-refractivity contribution in [2.75, 3.05) is 6.98 Å². The van der Waals surface area contributed by atoms with E-state index in [1.807, 2.05) is 18.0 Å². The summed E-state index contributed by atoms with van der Waals surface area (Å²) in [4.78, 5) is 3.44. The molecule has 0 N–H and O–H groups in total. The van der Waals surface area contributed by atoms with Crippen molar-refractivity contribution in [1.82, 2.24) is 9.80 Å². The zero-order valence-corrected chi connectivity index (χ0v) is 7.63. The Kier molecular flexibility index (Phi) is 1.12. The van der Waals surface area contributed by atoms with Gasteiger partial charge in [0.15, 0.2) is 0 Å². The van der Waals surface area contributed by atoms with Crippen LogP contribution >= 0.6 is 0 Å². The summed E-state index contributed by atoms with van der Waals surface area (Å²) in [5.74, 6) is 0. The molecule has 0 saturated carbocycles. The first-order valence-electron chi connectivity index (χ1n) is 5.39. The smallest absolute Gasteiger partial charge is 0.0979 e. The van der Waals surface area contributed by atoms with Gasteiger partial charge in [0.2, 0.25) is 0 Å². The molecule has 11 heavy (non-hydrogen) atoms. The quantitative estimate of drug-likeness (QED) is 0.529. The normalized spacial score (nSPS) is 30.2. The first-order chi connectivity index (χ1) is 6.14. The Morgan fingerprint density at radius 2 is 2.00 bits per heavy atom. The lowest BCUT2D eigenvalue weighted by Gasteiger charge is -2.38. The van der Waals surface area contributed by atoms with Gasteiger partial charge in [0, 0.05) is 29.0 Å². The Morgan fingerprint density at radius 3 is 2.27 bits per heavy atom. The van der Waals surface area contributed by atoms with Gasteiger partial charge in [-0.15, -0.1) is 0 Å². The van der Waals surface area contributed by atoms with Gasteiger partial charge in [-0.05, 0) is 27.7 Å². The third kappa shape index (κ3) is 1.50. The highest BCUT2D eigenvalue weighted by Crippen LogP contribution is 2.23. The monoisotopic (exact) mass is 157 g/mol. The van der Waals surface area contributed by atoms with Crippen LogP contribution in [0.2, 0.25) is 0 Å². The summed E-state index contributed by atoms with van der Waals surface area (Å²) in [6, 6.07) is 0. The molecule has 1 aliphatic rings. The highest BCUT2D eigenvalue weighted by atomic mass is 15.4. The summed E-state index contributed by atoms with van der Waals surface area (Å²) in [6.45, 7) is 6.05. The molecular formula is C9H18N2. The number of nitrogens with zero attached hydrogens (tertiary/aromatic N) is 2. The van der Waals surface area contributed by atoms with E-state index in [1.54, 1.807) is 6.20 Å². The minimum absolute atomic E-state index is 0.0457. The van der Waals surface area contributed by atoms with Crippen LogP contribution in [0, 0.1) is 0 Å². The van der Waals surface area contributed by atoms with Crippen LogP contribution in [-0.2, 0) is 0 Å². The van der Waals surface area contributed by atoms with E-state index in [1.165, 1.54) is 4.90 Å². The molecule has 0 aromatic heterocycles. The fourth-order valence-corrected chi connectivity index (χ4v) is 1.31. The second kappa shape index (κ2) is 2.43. The van der Waals surface area contributed by atoms with E-state index >= 15 is 0 Å². The molecule has 0 bridgehead atoms. The van der Waals surface area contributed by atoms with Gasteiger partial charge in [0.1, 0.15) is 0 Å². The van der Waals surface area contributed by atoms with Gasteiger partial charge < -0.3 is 9.80 Å². The molecule has 2 heteroatoms. The first kappa shape index (κ1) is 5.07. The van der Waals surface area contributed by atoms with Gasteiger partial charge in [0.25, 0.3) is 0 Å². The van der Waals surface area contributed by atoms with Gasteiger partial charge in [-0.25, -0.2) is 0 Å². The van der Waals surface area contributed by atoms with Gasteiger partial charge >= 0.3 is 0 Å². The van der Waals surface area contributed by atoms with Crippen molar-refractivity contribution < 1.29 is 4.11 Å². The Balaban J connectivity index is 2.81. The summed E-state index contributed by atoms with van der Waals surface area (Å²) < 4.78 is 22.0. The van der Waals surface area contributed by atoms with Crippen LogP contribution in [0.25, 0.3) is 0 Å². The molecule has 0 spiro atoms. The van der Waals surface area contributed by atoms with E-state index in [0.29, 0.717) is 0 Å². The maximum absolute atomic E-state index is 7.34. The van der Waals surface area contributed by atoms with E-state index in [2.05, 4.69) is 20.8 Å². The molecule has 1 heterocycles. The molecule has 1 atom stereocenters. The third-order valence-corrected chi connectivity index (χ3v) is 1.97. The molecule has 0 aromatic rings. The van der Waals surface area contributed by atoms with Gasteiger partial charge in [-0.2, -0.15) is 0 Å². The second-order valence-electron chi connectivity index (χ2n) is 3.92. The SMILES string of the molecule is [2H]C([2H])([2H])N1C=CN(C(C)(C)C)C1C. The third-order valence-electron chi connectivity index (χ3n) is 1.97. The van der Waals surface area contributed by atoms with Crippen molar-refractivity contribution in [2.24, 2.45) is 0 Å². The standard InChI is InChI=1S/C9H18N2/c1-8-10(5)6-7-11(8)9(2,3)4/h6-8H,1-5H3/i5D3. The summed E-state index contributed by atoms with van der Waals surface area (Å²) in [7, 11) is 0. The maximum Gasteiger partial charge on any atom is 0.0979 e. The van der Waals surface area contributed by atoms with E-state index in [0.717, 1.165) is 0 Å². The highest BCUT2D eigenvalue weighted by molar-refractivity contribution is 4.99. The van der Waals surface area contributed by atoms with Crippen LogP contribution in [0.1, 0.15) is 31.8 Å². The fourth-order valence-electron chi connectivity index (χ4n) is 1.31. The van der Waals surface area contributed by atoms with Crippen LogP contribution in [0.3, 0.4) is 0 Å². The fraction of sp³-hybridized carbons (Fsp3) is 0.778. The Bertz CT molecular complexity index is 215. The minimum atomic E-state index is -2.05. The lowest BCUT2D eigenvalue weighted by atomic mass is 10.1. The maximum atomic E-state index is 7.34. The number of hydrogen-bond acceptors (Lipinski definition) is 2. The first-order valence-corrected chi connectivity index (χ1v) is 3.89. The van der Waals surface area contributed by atoms with Crippen LogP contribution in [0.5, 0.6) is 0 Å². The van der Waals surface area contributed by atoms with E-state index in [-0.39, 0.29) is 11.7 Å². The Morgan fingerprint density at radius 1 is 1.36 bits per heavy atom. The molecule has 2 nitrogen and oxygen atoms in total. The average Bonchev–Trinajstić information content (AvgIpc) is 2.26. The lowest BCUT2D eigenvalue weighted by molar-refractivity contribution is 0.104. The molecule has 0 aromatic carbocycles. The number of hydrogen-bond donors (Lipinski definition) is 0. The second-order valence-corrected chi connectivity index (χ2v) is 3.92. The number of rotatable bonds is 0. The zero-order chi connectivity index (χ0) is 11.1. The Hall–Kier alpha value is -0.660. The van der Waals surface area contributed by atoms with Gasteiger partial charge in [-0.3, -0.25) is 0 Å². The predicted molar refractivity (Wildman–Crippen MR) is 48.0 cm³/mol. The lowest BCUT2D eigenvalue weighted by Crippen LogP contribution is -2.44. The molecule has 1 unspecified atom stereocenters. The van der Waals surface area contributed by atoms with E-state index in [4.69, 9.17) is 4.11 Å². The molecule has 1 aliphatic heterocycles. The summed E-state index contributed by atoms with van der Waals surface area (Å²) in [5, 5.41) is 0. The van der Waals surface area contributed by atoms with Crippen LogP contribution in [0.4, 0.5) is 0 Å². The van der Waals surface area contributed by atoms with Crippen molar-refractivity contribution in [3.63, 3.8) is 0 Å². The molecule has 0 aliphatic carbocycles. The van der Waals surface area contributed by atoms with Crippen molar-refractivity contribution in [3.05, 3.63) is 12.4 Å². The van der Waals surface area contributed by atoms with Crippen molar-refractivity contribution in [1.29, 1.82) is 0 Å². The zero-order valence-electron chi connectivity index (χ0n) is 10.6. The highest BCUT2D eigenvalue weighted by Gasteiger charge is 2.27. The topological polar surface area (TPSA) is 6.48 Å². The molecular weight excluding hydrogens is 136 g/mol. The molecule has 0 fully saturated rings. The minimum Gasteiger partial charge on any atom is -0.359 e. The molecule has 0 amide bonds.